The molecule has 0 aliphatic carbocycles. The fourth-order valence-corrected chi connectivity index (χ4v) is 4.25. The molecule has 8 heteroatoms. The second-order valence-electron chi connectivity index (χ2n) is 7.67. The van der Waals surface area contributed by atoms with Crippen LogP contribution in [-0.2, 0) is 24.4 Å². The SMILES string of the molecule is CN(Cc1cnn(Cc2ccccc2)c1)C(=O)Cn1c(-c2cscn2)nc2ccccc21. The molecule has 1 amide bonds. The van der Waals surface area contributed by atoms with Crippen LogP contribution in [0.5, 0.6) is 0 Å². The molecule has 0 aliphatic heterocycles. The maximum atomic E-state index is 13.1. The summed E-state index contributed by atoms with van der Waals surface area (Å²) >= 11 is 1.51. The Labute approximate surface area is 189 Å². The third kappa shape index (κ3) is 4.17. The van der Waals surface area contributed by atoms with Crippen molar-refractivity contribution in [1.82, 2.24) is 29.2 Å². The van der Waals surface area contributed by atoms with Gasteiger partial charge in [-0.2, -0.15) is 5.10 Å². The van der Waals surface area contributed by atoms with Gasteiger partial charge in [-0.05, 0) is 17.7 Å². The van der Waals surface area contributed by atoms with Crippen molar-refractivity contribution in [2.24, 2.45) is 0 Å². The van der Waals surface area contributed by atoms with Crippen molar-refractivity contribution in [2.45, 2.75) is 19.6 Å². The predicted molar refractivity (Wildman–Crippen MR) is 125 cm³/mol. The Hall–Kier alpha value is -3.78. The summed E-state index contributed by atoms with van der Waals surface area (Å²) in [7, 11) is 1.82. The maximum Gasteiger partial charge on any atom is 0.242 e. The molecule has 0 aliphatic rings. The van der Waals surface area contributed by atoms with Gasteiger partial charge in [-0.15, -0.1) is 11.3 Å². The van der Waals surface area contributed by atoms with E-state index in [0.717, 1.165) is 22.3 Å². The largest absolute Gasteiger partial charge is 0.340 e. The van der Waals surface area contributed by atoms with E-state index in [0.29, 0.717) is 18.9 Å². The highest BCUT2D eigenvalue weighted by atomic mass is 32.1. The third-order valence-corrected chi connectivity index (χ3v) is 5.92. The summed E-state index contributed by atoms with van der Waals surface area (Å²) in [5.74, 6) is 0.713. The van der Waals surface area contributed by atoms with Crippen LogP contribution >= 0.6 is 11.3 Å². The number of thiazole rings is 1. The maximum absolute atomic E-state index is 13.1. The first-order valence-electron chi connectivity index (χ1n) is 10.3. The highest BCUT2D eigenvalue weighted by Gasteiger charge is 2.18. The Balaban J connectivity index is 1.32. The van der Waals surface area contributed by atoms with Gasteiger partial charge in [-0.1, -0.05) is 42.5 Å². The Morgan fingerprint density at radius 2 is 1.88 bits per heavy atom. The molecule has 3 aromatic heterocycles. The van der Waals surface area contributed by atoms with Crippen LogP contribution in [0, 0.1) is 0 Å². The van der Waals surface area contributed by atoms with Crippen molar-refractivity contribution in [1.29, 1.82) is 0 Å². The second-order valence-corrected chi connectivity index (χ2v) is 8.38. The van der Waals surface area contributed by atoms with Crippen molar-refractivity contribution >= 4 is 28.3 Å². The zero-order chi connectivity index (χ0) is 21.9. The highest BCUT2D eigenvalue weighted by molar-refractivity contribution is 7.07. The van der Waals surface area contributed by atoms with Gasteiger partial charge in [0.15, 0.2) is 5.82 Å². The van der Waals surface area contributed by atoms with Gasteiger partial charge >= 0.3 is 0 Å². The fraction of sp³-hybridized carbons (Fsp3) is 0.167. The molecule has 0 fully saturated rings. The minimum Gasteiger partial charge on any atom is -0.340 e. The number of nitrogens with zero attached hydrogens (tertiary/aromatic N) is 6. The molecule has 0 bridgehead atoms. The van der Waals surface area contributed by atoms with Gasteiger partial charge in [-0.3, -0.25) is 9.48 Å². The molecular weight excluding hydrogens is 420 g/mol. The van der Waals surface area contributed by atoms with E-state index >= 15 is 0 Å². The molecule has 0 N–H and O–H groups in total. The van der Waals surface area contributed by atoms with E-state index in [9.17, 15) is 4.79 Å². The molecule has 0 unspecified atom stereocenters. The Morgan fingerprint density at radius 1 is 1.06 bits per heavy atom. The van der Waals surface area contributed by atoms with E-state index in [1.807, 2.05) is 76.5 Å². The Morgan fingerprint density at radius 3 is 2.69 bits per heavy atom. The molecule has 160 valence electrons. The minimum atomic E-state index is 0.000409. The van der Waals surface area contributed by atoms with Crippen LogP contribution in [0.15, 0.2) is 77.9 Å². The van der Waals surface area contributed by atoms with Gasteiger partial charge < -0.3 is 9.47 Å². The van der Waals surface area contributed by atoms with Crippen molar-refractivity contribution in [3.8, 4) is 11.5 Å². The van der Waals surface area contributed by atoms with Gasteiger partial charge in [0.25, 0.3) is 0 Å². The molecule has 5 rings (SSSR count). The zero-order valence-corrected chi connectivity index (χ0v) is 18.4. The lowest BCUT2D eigenvalue weighted by Crippen LogP contribution is -2.29. The molecule has 0 saturated carbocycles. The molecule has 0 atom stereocenters. The van der Waals surface area contributed by atoms with Crippen molar-refractivity contribution in [3.05, 3.63) is 89.0 Å². The zero-order valence-electron chi connectivity index (χ0n) is 17.6. The lowest BCUT2D eigenvalue weighted by Gasteiger charge is -2.17. The van der Waals surface area contributed by atoms with Crippen LogP contribution in [0.3, 0.4) is 0 Å². The number of hydrogen-bond donors (Lipinski definition) is 0. The Bertz CT molecular complexity index is 1340. The minimum absolute atomic E-state index is 0.000409. The molecule has 0 radical (unpaired) electrons. The molecule has 0 saturated heterocycles. The first-order chi connectivity index (χ1) is 15.7. The quantitative estimate of drug-likeness (QED) is 0.381. The van der Waals surface area contributed by atoms with E-state index in [1.54, 1.807) is 10.4 Å². The number of likely N-dealkylation sites (N-methyl/N-ethyl adjacent to an activating group) is 1. The fourth-order valence-electron chi connectivity index (χ4n) is 3.72. The van der Waals surface area contributed by atoms with Crippen LogP contribution in [0.2, 0.25) is 0 Å². The molecule has 32 heavy (non-hydrogen) atoms. The number of fused-ring (bicyclic) bond motifs is 1. The van der Waals surface area contributed by atoms with Crippen LogP contribution in [-0.4, -0.2) is 42.2 Å². The van der Waals surface area contributed by atoms with Crippen molar-refractivity contribution < 1.29 is 4.79 Å². The number of carbonyl (C=O) groups excluding carboxylic acids is 1. The van der Waals surface area contributed by atoms with E-state index in [2.05, 4.69) is 22.2 Å². The normalized spacial score (nSPS) is 11.2. The number of carbonyl (C=O) groups is 1. The van der Waals surface area contributed by atoms with Gasteiger partial charge in [0, 0.05) is 30.7 Å². The van der Waals surface area contributed by atoms with E-state index in [-0.39, 0.29) is 12.5 Å². The van der Waals surface area contributed by atoms with Crippen molar-refractivity contribution in [3.63, 3.8) is 0 Å². The van der Waals surface area contributed by atoms with Gasteiger partial charge in [-0.25, -0.2) is 9.97 Å². The lowest BCUT2D eigenvalue weighted by molar-refractivity contribution is -0.130. The highest BCUT2D eigenvalue weighted by Crippen LogP contribution is 2.25. The standard InChI is InChI=1S/C24H22N6OS/c1-28(12-19-11-26-29(14-19)13-18-7-3-2-4-8-18)23(31)15-30-22-10-6-5-9-20(22)27-24(30)21-16-32-17-25-21/h2-11,14,16-17H,12-13,15H2,1H3. The monoisotopic (exact) mass is 442 g/mol. The average Bonchev–Trinajstić information content (AvgIpc) is 3.55. The van der Waals surface area contributed by atoms with Crippen LogP contribution in [0.4, 0.5) is 0 Å². The smallest absolute Gasteiger partial charge is 0.242 e. The van der Waals surface area contributed by atoms with E-state index in [1.165, 1.54) is 16.9 Å². The van der Waals surface area contributed by atoms with Crippen LogP contribution in [0.25, 0.3) is 22.6 Å². The third-order valence-electron chi connectivity index (χ3n) is 5.33. The van der Waals surface area contributed by atoms with E-state index < -0.39 is 0 Å². The van der Waals surface area contributed by atoms with E-state index in [4.69, 9.17) is 4.98 Å². The first kappa shape index (κ1) is 20.1. The number of hydrogen-bond acceptors (Lipinski definition) is 5. The summed E-state index contributed by atoms with van der Waals surface area (Å²) in [6, 6.07) is 18.0. The van der Waals surface area contributed by atoms with Gasteiger partial charge in [0.2, 0.25) is 5.91 Å². The second kappa shape index (κ2) is 8.76. The number of para-hydroxylation sites is 2. The summed E-state index contributed by atoms with van der Waals surface area (Å²) < 4.78 is 3.84. The van der Waals surface area contributed by atoms with Gasteiger partial charge in [0.1, 0.15) is 12.2 Å². The number of benzene rings is 2. The summed E-state index contributed by atoms with van der Waals surface area (Å²) in [5.41, 5.74) is 6.52. The summed E-state index contributed by atoms with van der Waals surface area (Å²) in [6.45, 7) is 1.39. The predicted octanol–water partition coefficient (Wildman–Crippen LogP) is 4.06. The lowest BCUT2D eigenvalue weighted by atomic mass is 10.2. The van der Waals surface area contributed by atoms with Crippen LogP contribution in [0.1, 0.15) is 11.1 Å². The molecule has 2 aromatic carbocycles. The molecule has 0 spiro atoms. The summed E-state index contributed by atoms with van der Waals surface area (Å²) in [6.07, 6.45) is 3.81. The molecule has 5 aromatic rings. The number of rotatable bonds is 7. The molecule has 3 heterocycles. The number of amides is 1. The van der Waals surface area contributed by atoms with Crippen LogP contribution < -0.4 is 0 Å². The molecule has 7 nitrogen and oxygen atoms in total. The number of aromatic nitrogens is 5. The number of imidazole rings is 1. The average molecular weight is 443 g/mol. The van der Waals surface area contributed by atoms with Crippen molar-refractivity contribution in [2.75, 3.05) is 7.05 Å². The Kier molecular flexibility index (Phi) is 5.51. The summed E-state index contributed by atoms with van der Waals surface area (Å²) in [4.78, 5) is 24.0. The molecular formula is C24H22N6OS. The first-order valence-corrected chi connectivity index (χ1v) is 11.2. The summed E-state index contributed by atoms with van der Waals surface area (Å²) in [5, 5.41) is 6.40. The van der Waals surface area contributed by atoms with Gasteiger partial charge in [0.05, 0.1) is 29.3 Å². The topological polar surface area (TPSA) is 68.8 Å².